The summed E-state index contributed by atoms with van der Waals surface area (Å²) >= 11 is 0. The van der Waals surface area contributed by atoms with Crippen LogP contribution in [0.25, 0.3) is 0 Å². The van der Waals surface area contributed by atoms with E-state index < -0.39 is 15.8 Å². The molecule has 0 amide bonds. The average Bonchev–Trinajstić information content (AvgIpc) is 3.13. The molecule has 6 aromatic carbocycles. The monoisotopic (exact) mass is 688 g/mol. The predicted molar refractivity (Wildman–Crippen MR) is 221 cm³/mol. The molecule has 50 heavy (non-hydrogen) atoms. The van der Waals surface area contributed by atoms with Crippen molar-refractivity contribution < 1.29 is 0 Å². The van der Waals surface area contributed by atoms with E-state index in [9.17, 15) is 0 Å². The lowest BCUT2D eigenvalue weighted by Gasteiger charge is -2.42. The number of nitrogens with one attached hydrogen (secondary N) is 1. The molecule has 0 unspecified atom stereocenters. The molecule has 0 saturated carbocycles. The first kappa shape index (κ1) is 34.0. The second kappa shape index (κ2) is 14.0. The van der Waals surface area contributed by atoms with Gasteiger partial charge in [0.15, 0.2) is 0 Å². The van der Waals surface area contributed by atoms with Gasteiger partial charge in [0, 0.05) is 21.5 Å². The van der Waals surface area contributed by atoms with Crippen LogP contribution < -0.4 is 31.4 Å². The molecular weight excluding hydrogens is 642 g/mol. The largest absolute Gasteiger partial charge is 0.351 e. The van der Waals surface area contributed by atoms with Crippen molar-refractivity contribution in [2.75, 3.05) is 10.2 Å². The van der Waals surface area contributed by atoms with E-state index >= 15 is 0 Å². The van der Waals surface area contributed by atoms with Crippen molar-refractivity contribution in [1.29, 1.82) is 0 Å². The summed E-state index contributed by atoms with van der Waals surface area (Å²) in [5.41, 5.74) is 8.77. The molecule has 0 saturated heterocycles. The maximum Gasteiger partial charge on any atom is 0.0799 e. The summed E-state index contributed by atoms with van der Waals surface area (Å²) in [4.78, 5) is 2.61. The fraction of sp³-hybridized carbons (Fsp3) is 0.174. The van der Waals surface area contributed by atoms with Crippen molar-refractivity contribution in [3.63, 3.8) is 0 Å². The highest BCUT2D eigenvalue weighted by atomic mass is 31.1. The minimum absolute atomic E-state index is 0.00869. The molecule has 0 radical (unpaired) electrons. The Morgan fingerprint density at radius 2 is 0.840 bits per heavy atom. The summed E-state index contributed by atoms with van der Waals surface area (Å²) in [7, 11) is -1.99. The van der Waals surface area contributed by atoms with Gasteiger partial charge in [-0.2, -0.15) is 0 Å². The quantitative estimate of drug-likeness (QED) is 0.168. The van der Waals surface area contributed by atoms with Gasteiger partial charge in [-0.05, 0) is 67.4 Å². The summed E-state index contributed by atoms with van der Waals surface area (Å²) in [6.07, 6.45) is 0. The van der Waals surface area contributed by atoms with E-state index in [2.05, 4.69) is 216 Å². The van der Waals surface area contributed by atoms with Gasteiger partial charge in [0.05, 0.1) is 22.3 Å². The standard InChI is InChI=1S/C46H46N2P2/c1-45(2,3)34-27-30-36(31-28-34)48-42-33-35(46(4,5)6)29-32-41(42)47-43(49(37-19-11-7-12-20-37)38-21-13-8-14-22-38)44(48)50(39-23-15-9-16-24-39)40-25-17-10-18-26-40/h7-33,47H,1-6H3. The maximum absolute atomic E-state index is 4.16. The molecule has 0 bridgehead atoms. The number of rotatable bonds is 7. The van der Waals surface area contributed by atoms with Crippen LogP contribution in [0.4, 0.5) is 17.1 Å². The number of nitrogens with zero attached hydrogens (tertiary/aromatic N) is 1. The lowest BCUT2D eigenvalue weighted by atomic mass is 9.86. The Morgan fingerprint density at radius 3 is 1.26 bits per heavy atom. The highest BCUT2D eigenvalue weighted by molar-refractivity contribution is 7.80. The first-order chi connectivity index (χ1) is 24.1. The van der Waals surface area contributed by atoms with Crippen LogP contribution in [0.2, 0.25) is 0 Å². The topological polar surface area (TPSA) is 15.3 Å². The third-order valence-electron chi connectivity index (χ3n) is 9.27. The molecule has 1 aliphatic heterocycles. The second-order valence-corrected chi connectivity index (χ2v) is 19.2. The van der Waals surface area contributed by atoms with Crippen LogP contribution in [0.3, 0.4) is 0 Å². The van der Waals surface area contributed by atoms with Crippen LogP contribution in [0.5, 0.6) is 0 Å². The van der Waals surface area contributed by atoms with Gasteiger partial charge in [0.2, 0.25) is 0 Å². The molecule has 0 aliphatic carbocycles. The Morgan fingerprint density at radius 1 is 0.440 bits per heavy atom. The Balaban J connectivity index is 1.61. The lowest BCUT2D eigenvalue weighted by molar-refractivity contribution is 0.589. The van der Waals surface area contributed by atoms with Gasteiger partial charge in [-0.15, -0.1) is 0 Å². The van der Waals surface area contributed by atoms with Gasteiger partial charge < -0.3 is 10.2 Å². The number of fused-ring (bicyclic) bond motifs is 1. The molecule has 0 fully saturated rings. The minimum Gasteiger partial charge on any atom is -0.351 e. The molecular formula is C46H46N2P2. The fourth-order valence-electron chi connectivity index (χ4n) is 6.54. The first-order valence-corrected chi connectivity index (χ1v) is 20.1. The Hall–Kier alpha value is -4.48. The highest BCUT2D eigenvalue weighted by Crippen LogP contribution is 2.60. The molecule has 0 spiro atoms. The second-order valence-electron chi connectivity index (χ2n) is 14.9. The third kappa shape index (κ3) is 6.93. The van der Waals surface area contributed by atoms with Gasteiger partial charge in [0.25, 0.3) is 0 Å². The van der Waals surface area contributed by atoms with Crippen LogP contribution in [0.15, 0.2) is 175 Å². The van der Waals surface area contributed by atoms with Crippen molar-refractivity contribution in [2.45, 2.75) is 52.4 Å². The molecule has 2 nitrogen and oxygen atoms in total. The molecule has 1 heterocycles. The lowest BCUT2D eigenvalue weighted by Crippen LogP contribution is -2.32. The molecule has 7 rings (SSSR count). The summed E-state index contributed by atoms with van der Waals surface area (Å²) in [5.74, 6) is 0. The maximum atomic E-state index is 4.16. The summed E-state index contributed by atoms with van der Waals surface area (Å²) < 4.78 is 0. The first-order valence-electron chi connectivity index (χ1n) is 17.5. The van der Waals surface area contributed by atoms with E-state index in [1.54, 1.807) is 0 Å². The van der Waals surface area contributed by atoms with Crippen LogP contribution in [0.1, 0.15) is 52.7 Å². The van der Waals surface area contributed by atoms with E-state index in [1.165, 1.54) is 54.6 Å². The fourth-order valence-corrected chi connectivity index (χ4v) is 11.8. The van der Waals surface area contributed by atoms with Crippen LogP contribution in [-0.2, 0) is 10.8 Å². The highest BCUT2D eigenvalue weighted by Gasteiger charge is 2.38. The van der Waals surface area contributed by atoms with E-state index in [0.717, 1.165) is 5.69 Å². The van der Waals surface area contributed by atoms with Gasteiger partial charge in [-0.25, -0.2) is 0 Å². The van der Waals surface area contributed by atoms with Crippen molar-refractivity contribution >= 4 is 54.1 Å². The summed E-state index contributed by atoms with van der Waals surface area (Å²) in [6, 6.07) is 60.9. The van der Waals surface area contributed by atoms with E-state index in [4.69, 9.17) is 0 Å². The molecule has 250 valence electrons. The molecule has 0 atom stereocenters. The van der Waals surface area contributed by atoms with Gasteiger partial charge in [-0.3, -0.25) is 0 Å². The minimum atomic E-state index is -1.02. The zero-order chi connectivity index (χ0) is 34.9. The SMILES string of the molecule is CC(C)(C)c1ccc(N2C(P(c3ccccc3)c3ccccc3)=C(P(c3ccccc3)c3ccccc3)Nc3ccc(C(C)(C)C)cc32)cc1. The Labute approximate surface area is 301 Å². The van der Waals surface area contributed by atoms with Crippen LogP contribution >= 0.6 is 15.8 Å². The summed E-state index contributed by atoms with van der Waals surface area (Å²) in [5, 5.41) is 9.45. The van der Waals surface area contributed by atoms with Gasteiger partial charge >= 0.3 is 0 Å². The molecule has 6 aromatic rings. The van der Waals surface area contributed by atoms with E-state index in [-0.39, 0.29) is 10.8 Å². The molecule has 4 heteroatoms. The van der Waals surface area contributed by atoms with Crippen molar-refractivity contribution in [1.82, 2.24) is 0 Å². The summed E-state index contributed by atoms with van der Waals surface area (Å²) in [6.45, 7) is 13.8. The van der Waals surface area contributed by atoms with Gasteiger partial charge in [0.1, 0.15) is 0 Å². The number of hydrogen-bond donors (Lipinski definition) is 1. The zero-order valence-corrected chi connectivity index (χ0v) is 31.7. The third-order valence-corrected chi connectivity index (χ3v) is 14.3. The molecule has 1 aliphatic rings. The normalized spacial score (nSPS) is 13.4. The number of anilines is 3. The van der Waals surface area contributed by atoms with E-state index in [1.807, 2.05) is 0 Å². The van der Waals surface area contributed by atoms with Crippen LogP contribution in [0, 0.1) is 0 Å². The Bertz CT molecular complexity index is 2000. The van der Waals surface area contributed by atoms with Crippen LogP contribution in [-0.4, -0.2) is 0 Å². The van der Waals surface area contributed by atoms with Crippen molar-refractivity contribution in [3.05, 3.63) is 186 Å². The molecule has 1 N–H and O–H groups in total. The average molecular weight is 689 g/mol. The van der Waals surface area contributed by atoms with Crippen molar-refractivity contribution in [2.24, 2.45) is 0 Å². The smallest absolute Gasteiger partial charge is 0.0799 e. The predicted octanol–water partition coefficient (Wildman–Crippen LogP) is 11.2. The van der Waals surface area contributed by atoms with E-state index in [0.29, 0.717) is 0 Å². The number of hydrogen-bond acceptors (Lipinski definition) is 2. The molecule has 0 aromatic heterocycles. The Kier molecular flexibility index (Phi) is 9.54. The number of benzene rings is 6. The van der Waals surface area contributed by atoms with Crippen molar-refractivity contribution in [3.8, 4) is 0 Å². The van der Waals surface area contributed by atoms with Gasteiger partial charge in [-0.1, -0.05) is 181 Å². The zero-order valence-electron chi connectivity index (χ0n) is 29.9.